The lowest BCUT2D eigenvalue weighted by Crippen LogP contribution is -2.00. The molecule has 0 aliphatic carbocycles. The van der Waals surface area contributed by atoms with E-state index in [0.29, 0.717) is 14.9 Å². The highest BCUT2D eigenvalue weighted by Gasteiger charge is 2.12. The minimum Gasteiger partial charge on any atom is -0.478 e. The molecule has 0 fully saturated rings. The second-order valence-corrected chi connectivity index (χ2v) is 4.99. The van der Waals surface area contributed by atoms with Crippen molar-refractivity contribution in [3.05, 3.63) is 29.3 Å². The number of carboxylic acid groups (broad SMARTS) is 1. The van der Waals surface area contributed by atoms with Crippen molar-refractivity contribution >= 4 is 34.8 Å². The quantitative estimate of drug-likeness (QED) is 0.813. The largest absolute Gasteiger partial charge is 0.478 e. The average molecular weight is 253 g/mol. The van der Waals surface area contributed by atoms with Crippen molar-refractivity contribution < 1.29 is 9.90 Å². The van der Waals surface area contributed by atoms with Gasteiger partial charge in [-0.15, -0.1) is 10.2 Å². The van der Waals surface area contributed by atoms with E-state index >= 15 is 0 Å². The second kappa shape index (κ2) is 4.50. The summed E-state index contributed by atoms with van der Waals surface area (Å²) in [4.78, 5) is 11.6. The molecule has 3 N–H and O–H groups in total. The van der Waals surface area contributed by atoms with Gasteiger partial charge in [0.2, 0.25) is 0 Å². The Labute approximate surface area is 99.3 Å². The van der Waals surface area contributed by atoms with Crippen LogP contribution in [0.4, 0.5) is 5.69 Å². The molecule has 0 atom stereocenters. The summed E-state index contributed by atoms with van der Waals surface area (Å²) in [7, 11) is 0. The van der Waals surface area contributed by atoms with Gasteiger partial charge in [-0.25, -0.2) is 4.79 Å². The van der Waals surface area contributed by atoms with E-state index in [1.807, 2.05) is 0 Å². The Balaban J connectivity index is 2.36. The van der Waals surface area contributed by atoms with E-state index in [1.165, 1.54) is 29.2 Å². The molecular formula is C9H7N3O2S2. The number of aromatic nitrogens is 2. The Morgan fingerprint density at radius 2 is 2.31 bits per heavy atom. The summed E-state index contributed by atoms with van der Waals surface area (Å²) in [6.45, 7) is 0. The normalized spacial score (nSPS) is 10.2. The topological polar surface area (TPSA) is 89.1 Å². The van der Waals surface area contributed by atoms with Gasteiger partial charge in [-0.1, -0.05) is 23.1 Å². The lowest BCUT2D eigenvalue weighted by atomic mass is 10.2. The first kappa shape index (κ1) is 10.9. The molecule has 0 radical (unpaired) electrons. The van der Waals surface area contributed by atoms with Gasteiger partial charge < -0.3 is 10.8 Å². The Bertz CT molecular complexity index is 513. The molecule has 2 aromatic rings. The fourth-order valence-electron chi connectivity index (χ4n) is 1.11. The van der Waals surface area contributed by atoms with Gasteiger partial charge in [-0.3, -0.25) is 0 Å². The highest BCUT2D eigenvalue weighted by molar-refractivity contribution is 8.01. The molecule has 0 aliphatic rings. The number of anilines is 1. The average Bonchev–Trinajstić information content (AvgIpc) is 2.73. The van der Waals surface area contributed by atoms with Crippen molar-refractivity contribution in [2.75, 3.05) is 5.73 Å². The molecular weight excluding hydrogens is 246 g/mol. The van der Waals surface area contributed by atoms with Gasteiger partial charge in [0.25, 0.3) is 0 Å². The number of carboxylic acids is 1. The van der Waals surface area contributed by atoms with E-state index in [2.05, 4.69) is 10.2 Å². The third-order valence-electron chi connectivity index (χ3n) is 1.77. The number of carbonyl (C=O) groups is 1. The van der Waals surface area contributed by atoms with Crippen LogP contribution in [0.2, 0.25) is 0 Å². The number of benzene rings is 1. The fourth-order valence-corrected chi connectivity index (χ4v) is 2.64. The van der Waals surface area contributed by atoms with E-state index in [1.54, 1.807) is 17.6 Å². The molecule has 0 saturated carbocycles. The van der Waals surface area contributed by atoms with E-state index < -0.39 is 5.97 Å². The summed E-state index contributed by atoms with van der Waals surface area (Å²) in [5.41, 5.74) is 7.75. The van der Waals surface area contributed by atoms with Crippen LogP contribution in [-0.2, 0) is 0 Å². The molecule has 0 aliphatic heterocycles. The number of hydrogen-bond acceptors (Lipinski definition) is 6. The first-order chi connectivity index (χ1) is 7.66. The number of aromatic carboxylic acids is 1. The molecule has 7 heteroatoms. The molecule has 1 heterocycles. The molecule has 2 rings (SSSR count). The monoisotopic (exact) mass is 253 g/mol. The number of nitrogens with two attached hydrogens (primary N) is 1. The lowest BCUT2D eigenvalue weighted by molar-refractivity contribution is 0.0693. The van der Waals surface area contributed by atoms with E-state index in [0.717, 1.165) is 0 Å². The molecule has 0 spiro atoms. The van der Waals surface area contributed by atoms with Crippen molar-refractivity contribution in [2.24, 2.45) is 0 Å². The molecule has 1 aromatic carbocycles. The Hall–Kier alpha value is -1.60. The van der Waals surface area contributed by atoms with Crippen LogP contribution in [0.25, 0.3) is 0 Å². The lowest BCUT2D eigenvalue weighted by Gasteiger charge is -2.04. The van der Waals surface area contributed by atoms with Crippen LogP contribution in [0.1, 0.15) is 10.4 Å². The molecule has 1 aromatic heterocycles. The zero-order chi connectivity index (χ0) is 11.5. The predicted molar refractivity (Wildman–Crippen MR) is 61.8 cm³/mol. The Kier molecular flexibility index (Phi) is 3.07. The third-order valence-corrected chi connectivity index (χ3v) is 3.63. The van der Waals surface area contributed by atoms with E-state index in [4.69, 9.17) is 10.8 Å². The molecule has 16 heavy (non-hydrogen) atoms. The second-order valence-electron chi connectivity index (χ2n) is 2.87. The summed E-state index contributed by atoms with van der Waals surface area (Å²) in [5, 5.41) is 16.5. The van der Waals surface area contributed by atoms with Crippen LogP contribution >= 0.6 is 23.1 Å². The van der Waals surface area contributed by atoms with Crippen LogP contribution in [0, 0.1) is 0 Å². The zero-order valence-electron chi connectivity index (χ0n) is 7.95. The van der Waals surface area contributed by atoms with Crippen molar-refractivity contribution in [1.82, 2.24) is 10.2 Å². The predicted octanol–water partition coefficient (Wildman–Crippen LogP) is 1.97. The summed E-state index contributed by atoms with van der Waals surface area (Å²) in [6, 6.07) is 4.77. The first-order valence-electron chi connectivity index (χ1n) is 4.23. The van der Waals surface area contributed by atoms with Crippen molar-refractivity contribution in [2.45, 2.75) is 9.24 Å². The van der Waals surface area contributed by atoms with Gasteiger partial charge in [-0.05, 0) is 18.2 Å². The molecule has 5 nitrogen and oxygen atoms in total. The molecule has 0 bridgehead atoms. The summed E-state index contributed by atoms with van der Waals surface area (Å²) < 4.78 is 0.701. The zero-order valence-corrected chi connectivity index (χ0v) is 9.59. The molecule has 0 saturated heterocycles. The first-order valence-corrected chi connectivity index (χ1v) is 5.93. The smallest absolute Gasteiger partial charge is 0.336 e. The van der Waals surface area contributed by atoms with Gasteiger partial charge >= 0.3 is 5.97 Å². The number of rotatable bonds is 3. The maximum atomic E-state index is 11.0. The number of nitrogen functional groups attached to an aromatic ring is 1. The van der Waals surface area contributed by atoms with Crippen LogP contribution in [0.15, 0.2) is 32.9 Å². The van der Waals surface area contributed by atoms with Gasteiger partial charge in [0, 0.05) is 10.6 Å². The molecule has 0 amide bonds. The maximum absolute atomic E-state index is 11.0. The Morgan fingerprint density at radius 1 is 1.50 bits per heavy atom. The summed E-state index contributed by atoms with van der Waals surface area (Å²) in [6.07, 6.45) is 0. The Morgan fingerprint density at radius 3 is 2.94 bits per heavy atom. The van der Waals surface area contributed by atoms with E-state index in [9.17, 15) is 4.79 Å². The summed E-state index contributed by atoms with van der Waals surface area (Å²) in [5.74, 6) is -1.00. The maximum Gasteiger partial charge on any atom is 0.336 e. The minimum atomic E-state index is -1.00. The van der Waals surface area contributed by atoms with Gasteiger partial charge in [0.1, 0.15) is 5.51 Å². The number of nitrogens with zero attached hydrogens (tertiary/aromatic N) is 2. The molecule has 0 unspecified atom stereocenters. The summed E-state index contributed by atoms with van der Waals surface area (Å²) >= 11 is 2.63. The van der Waals surface area contributed by atoms with Crippen molar-refractivity contribution in [3.8, 4) is 0 Å². The van der Waals surface area contributed by atoms with Crippen LogP contribution in [-0.4, -0.2) is 21.3 Å². The van der Waals surface area contributed by atoms with Gasteiger partial charge in [-0.2, -0.15) is 0 Å². The number of hydrogen-bond donors (Lipinski definition) is 2. The SMILES string of the molecule is Nc1ccc(Sc2nncs2)c(C(=O)O)c1. The van der Waals surface area contributed by atoms with Gasteiger partial charge in [0.15, 0.2) is 4.34 Å². The van der Waals surface area contributed by atoms with Gasteiger partial charge in [0.05, 0.1) is 5.56 Å². The third kappa shape index (κ3) is 2.31. The van der Waals surface area contributed by atoms with Crippen molar-refractivity contribution in [3.63, 3.8) is 0 Å². The standard InChI is InChI=1S/C9H7N3O2S2/c10-5-1-2-7(6(3-5)8(13)14)16-9-12-11-4-15-9/h1-4H,10H2,(H,13,14). The minimum absolute atomic E-state index is 0.181. The van der Waals surface area contributed by atoms with Crippen LogP contribution in [0.5, 0.6) is 0 Å². The van der Waals surface area contributed by atoms with E-state index in [-0.39, 0.29) is 5.56 Å². The highest BCUT2D eigenvalue weighted by Crippen LogP contribution is 2.32. The fraction of sp³-hybridized carbons (Fsp3) is 0. The van der Waals surface area contributed by atoms with Crippen LogP contribution in [0.3, 0.4) is 0 Å². The molecule has 82 valence electrons. The van der Waals surface area contributed by atoms with Crippen molar-refractivity contribution in [1.29, 1.82) is 0 Å². The van der Waals surface area contributed by atoms with Crippen LogP contribution < -0.4 is 5.73 Å². The highest BCUT2D eigenvalue weighted by atomic mass is 32.2.